The third-order valence-corrected chi connectivity index (χ3v) is 20.6. The van der Waals surface area contributed by atoms with Crippen LogP contribution < -0.4 is 15.7 Å². The van der Waals surface area contributed by atoms with Gasteiger partial charge in [-0.3, -0.25) is 0 Å². The van der Waals surface area contributed by atoms with Crippen LogP contribution in [0.5, 0.6) is 0 Å². The molecule has 70 heavy (non-hydrogen) atoms. The maximum absolute atomic E-state index is 2.78. The summed E-state index contributed by atoms with van der Waals surface area (Å²) in [7, 11) is 0. The predicted molar refractivity (Wildman–Crippen MR) is 311 cm³/mol. The summed E-state index contributed by atoms with van der Waals surface area (Å²) in [5, 5.41) is 10.9. The Morgan fingerprint density at radius 1 is 0.500 bits per heavy atom. The normalized spacial score (nSPS) is 16.2. The van der Waals surface area contributed by atoms with E-state index in [1.165, 1.54) is 157 Å². The van der Waals surface area contributed by atoms with E-state index in [9.17, 15) is 0 Å². The molecule has 342 valence electrons. The first-order valence-corrected chi connectivity index (χ1v) is 27.8. The molecule has 0 atom stereocenters. The summed E-state index contributed by atoms with van der Waals surface area (Å²) >= 11 is 5.93. The van der Waals surface area contributed by atoms with E-state index in [0.717, 1.165) is 0 Å². The molecule has 2 aliphatic heterocycles. The Balaban J connectivity index is 1.16. The fourth-order valence-electron chi connectivity index (χ4n) is 13.2. The molecule has 0 saturated carbocycles. The van der Waals surface area contributed by atoms with Gasteiger partial charge < -0.3 is 9.38 Å². The number of hydrogen-bond donors (Lipinski definition) is 0. The molecule has 6 heteroatoms. The van der Waals surface area contributed by atoms with Crippen LogP contribution in [-0.2, 0) is 21.7 Å². The molecule has 0 unspecified atom stereocenters. The number of rotatable bonds is 1. The van der Waals surface area contributed by atoms with Gasteiger partial charge in [0.05, 0.1) is 11.0 Å². The van der Waals surface area contributed by atoms with E-state index >= 15 is 0 Å². The number of hydrogen-bond acceptors (Lipinski definition) is 4. The summed E-state index contributed by atoms with van der Waals surface area (Å²) in [5.74, 6) is 0. The summed E-state index contributed by atoms with van der Waals surface area (Å²) in [5.41, 5.74) is 18.1. The molecule has 8 aromatic carbocycles. The lowest BCUT2D eigenvalue weighted by molar-refractivity contribution is 0.332. The number of thiophene rings is 3. The van der Waals surface area contributed by atoms with E-state index < -0.39 is 0 Å². The van der Waals surface area contributed by atoms with Crippen molar-refractivity contribution in [3.8, 4) is 16.8 Å². The second-order valence-corrected chi connectivity index (χ2v) is 27.6. The standard InChI is InChI=1S/C64H55BN2S3/c1-61(2,3)34-19-22-36(23-20-34)67-48-30-41-39-28-44-45(64(9,10)26-25-63(44,7)8)32-53(39)69-52(41)31-43(48)57-58-59-55(56-38-16-12-14-18-51(38)70-60(56)57)42-27-35(62(4,5)6)21-24-47(42)66(59)49-33-54-40(29-46(49)65(58)67)37-15-11-13-17-50(37)68-54/h11-24,27-33H,25-26H2,1-10H3. The largest absolute Gasteiger partial charge is 0.376 e. The topological polar surface area (TPSA) is 8.17 Å². The van der Waals surface area contributed by atoms with Crippen LogP contribution in [0.15, 0.2) is 127 Å². The second kappa shape index (κ2) is 13.5. The van der Waals surface area contributed by atoms with E-state index in [2.05, 4.69) is 206 Å². The average molecular weight is 959 g/mol. The molecular weight excluding hydrogens is 904 g/mol. The zero-order chi connectivity index (χ0) is 47.7. The highest BCUT2D eigenvalue weighted by molar-refractivity contribution is 7.27. The van der Waals surface area contributed by atoms with Crippen molar-refractivity contribution in [2.24, 2.45) is 0 Å². The third kappa shape index (κ3) is 5.45. The maximum atomic E-state index is 2.78. The monoisotopic (exact) mass is 958 g/mol. The van der Waals surface area contributed by atoms with E-state index in [0.29, 0.717) is 0 Å². The number of fused-ring (bicyclic) bond motifs is 20. The molecule has 12 aromatic rings. The third-order valence-electron chi connectivity index (χ3n) is 17.1. The van der Waals surface area contributed by atoms with Crippen molar-refractivity contribution < 1.29 is 0 Å². The Kier molecular flexibility index (Phi) is 8.08. The highest BCUT2D eigenvalue weighted by Gasteiger charge is 2.47. The molecule has 1 aliphatic carbocycles. The number of nitrogens with zero attached hydrogens (tertiary/aromatic N) is 2. The first-order chi connectivity index (χ1) is 33.4. The van der Waals surface area contributed by atoms with Crippen LogP contribution in [0.2, 0.25) is 0 Å². The SMILES string of the molecule is CC(C)(C)c1ccc(N2B3c4cc5c(cc4-n4c6ccc(C(C)(C)C)cc6c6c7c(sc8ccccc87)c(c3c64)-c3cc4sc6cc7c(cc6c4cc32)C(C)(C)CCC7(C)C)sc2ccccc25)cc1. The highest BCUT2D eigenvalue weighted by atomic mass is 32.1. The smallest absolute Gasteiger partial charge is 0.333 e. The van der Waals surface area contributed by atoms with Crippen LogP contribution >= 0.6 is 34.0 Å². The zero-order valence-corrected chi connectivity index (χ0v) is 44.2. The molecule has 0 N–H and O–H groups in total. The van der Waals surface area contributed by atoms with Crippen molar-refractivity contribution in [3.63, 3.8) is 0 Å². The van der Waals surface area contributed by atoms with Crippen molar-refractivity contribution >= 4 is 145 Å². The van der Waals surface area contributed by atoms with Crippen molar-refractivity contribution in [2.75, 3.05) is 4.81 Å². The van der Waals surface area contributed by atoms with Crippen LogP contribution in [0.25, 0.3) is 99.1 Å². The molecular formula is C64H55BN2S3. The minimum Gasteiger partial charge on any atom is -0.376 e. The van der Waals surface area contributed by atoms with Gasteiger partial charge in [-0.2, -0.15) is 0 Å². The van der Waals surface area contributed by atoms with Crippen molar-refractivity contribution in [2.45, 2.75) is 104 Å². The van der Waals surface area contributed by atoms with E-state index in [1.54, 1.807) is 0 Å². The van der Waals surface area contributed by atoms with Gasteiger partial charge in [0.2, 0.25) is 0 Å². The number of aromatic nitrogens is 1. The molecule has 0 saturated heterocycles. The summed E-state index contributed by atoms with van der Waals surface area (Å²) in [4.78, 5) is 2.78. The Morgan fingerprint density at radius 2 is 1.10 bits per heavy atom. The summed E-state index contributed by atoms with van der Waals surface area (Å²) in [6.45, 7) is 23.8. The Labute approximate surface area is 422 Å². The lowest BCUT2D eigenvalue weighted by Gasteiger charge is -2.42. The van der Waals surface area contributed by atoms with Gasteiger partial charge in [-0.05, 0) is 134 Å². The molecule has 0 bridgehead atoms. The van der Waals surface area contributed by atoms with Gasteiger partial charge in [-0.15, -0.1) is 34.0 Å². The maximum Gasteiger partial charge on any atom is 0.333 e. The van der Waals surface area contributed by atoms with Gasteiger partial charge in [0, 0.05) is 99.5 Å². The van der Waals surface area contributed by atoms with Crippen molar-refractivity contribution in [1.29, 1.82) is 0 Å². The van der Waals surface area contributed by atoms with Crippen LogP contribution in [0.3, 0.4) is 0 Å². The van der Waals surface area contributed by atoms with Gasteiger partial charge in [0.15, 0.2) is 0 Å². The zero-order valence-electron chi connectivity index (χ0n) is 41.7. The molecule has 6 heterocycles. The molecule has 0 fully saturated rings. The molecule has 4 aromatic heterocycles. The van der Waals surface area contributed by atoms with Crippen LogP contribution in [0.1, 0.15) is 104 Å². The number of anilines is 2. The Bertz CT molecular complexity index is 4330. The first kappa shape index (κ1) is 41.8. The Morgan fingerprint density at radius 3 is 1.83 bits per heavy atom. The molecule has 0 radical (unpaired) electrons. The van der Waals surface area contributed by atoms with Gasteiger partial charge >= 0.3 is 6.85 Å². The lowest BCUT2D eigenvalue weighted by atomic mass is 9.43. The van der Waals surface area contributed by atoms with Crippen molar-refractivity contribution in [3.05, 3.63) is 150 Å². The summed E-state index contributed by atoms with van der Waals surface area (Å²) < 4.78 is 10.9. The van der Waals surface area contributed by atoms with E-state index in [4.69, 9.17) is 0 Å². The van der Waals surface area contributed by atoms with Gasteiger partial charge in [-0.1, -0.05) is 130 Å². The van der Waals surface area contributed by atoms with E-state index in [-0.39, 0.29) is 28.5 Å². The fraction of sp³-hybridized carbons (Fsp3) is 0.250. The Hall–Kier alpha value is -5.92. The quantitative estimate of drug-likeness (QED) is 0.149. The molecule has 3 aliphatic rings. The minimum absolute atomic E-state index is 0.00807. The molecule has 0 amide bonds. The molecule has 0 spiro atoms. The van der Waals surface area contributed by atoms with Crippen LogP contribution in [0.4, 0.5) is 11.4 Å². The number of benzene rings is 8. The van der Waals surface area contributed by atoms with E-state index in [1.807, 2.05) is 34.0 Å². The fourth-order valence-corrected chi connectivity index (χ4v) is 16.7. The lowest BCUT2D eigenvalue weighted by Crippen LogP contribution is -2.60. The van der Waals surface area contributed by atoms with Crippen molar-refractivity contribution in [1.82, 2.24) is 4.57 Å². The molecule has 15 rings (SSSR count). The van der Waals surface area contributed by atoms with Crippen LogP contribution in [0, 0.1) is 0 Å². The van der Waals surface area contributed by atoms with Crippen LogP contribution in [-0.4, -0.2) is 11.4 Å². The predicted octanol–water partition coefficient (Wildman–Crippen LogP) is 18.1. The van der Waals surface area contributed by atoms with Gasteiger partial charge in [0.25, 0.3) is 0 Å². The summed E-state index contributed by atoms with van der Waals surface area (Å²) in [6.07, 6.45) is 2.41. The second-order valence-electron chi connectivity index (χ2n) is 24.3. The summed E-state index contributed by atoms with van der Waals surface area (Å²) in [6, 6.07) is 50.9. The highest BCUT2D eigenvalue weighted by Crippen LogP contribution is 2.56. The molecule has 2 nitrogen and oxygen atoms in total. The average Bonchev–Trinajstić information content (AvgIpc) is 4.09. The first-order valence-electron chi connectivity index (χ1n) is 25.3. The minimum atomic E-state index is -0.0908. The van der Waals surface area contributed by atoms with Gasteiger partial charge in [0.1, 0.15) is 0 Å². The van der Waals surface area contributed by atoms with Gasteiger partial charge in [-0.25, -0.2) is 0 Å².